The summed E-state index contributed by atoms with van der Waals surface area (Å²) in [6.07, 6.45) is 0. The third kappa shape index (κ3) is 5.24. The maximum atomic E-state index is 12.4. The van der Waals surface area contributed by atoms with E-state index in [0.717, 1.165) is 16.3 Å². The fourth-order valence-electron chi connectivity index (χ4n) is 3.00. The van der Waals surface area contributed by atoms with Gasteiger partial charge in [0.15, 0.2) is 11.0 Å². The lowest BCUT2D eigenvalue weighted by Crippen LogP contribution is -2.31. The summed E-state index contributed by atoms with van der Waals surface area (Å²) >= 11 is 2.83. The van der Waals surface area contributed by atoms with E-state index >= 15 is 0 Å². The van der Waals surface area contributed by atoms with Crippen molar-refractivity contribution in [2.75, 3.05) is 12.9 Å². The van der Waals surface area contributed by atoms with Crippen molar-refractivity contribution in [3.63, 3.8) is 0 Å². The lowest BCUT2D eigenvalue weighted by Gasteiger charge is -2.10. The van der Waals surface area contributed by atoms with Gasteiger partial charge in [0.25, 0.3) is 5.91 Å². The molecule has 0 unspecified atom stereocenters. The van der Waals surface area contributed by atoms with Crippen molar-refractivity contribution < 1.29 is 14.3 Å². The van der Waals surface area contributed by atoms with Crippen molar-refractivity contribution in [2.24, 2.45) is 0 Å². The number of nitrogens with zero attached hydrogens (tertiary/aromatic N) is 3. The minimum absolute atomic E-state index is 0.0409. The molecule has 2 amide bonds. The molecule has 162 valence electrons. The van der Waals surface area contributed by atoms with Gasteiger partial charge in [-0.3, -0.25) is 19.5 Å². The number of hydrogen-bond acceptors (Lipinski definition) is 7. The first-order chi connectivity index (χ1) is 15.6. The smallest absolute Gasteiger partial charge is 0.257 e. The fraction of sp³-hybridized carbons (Fsp3) is 0.130. The molecule has 2 heterocycles. The van der Waals surface area contributed by atoms with Crippen LogP contribution in [-0.2, 0) is 11.3 Å². The van der Waals surface area contributed by atoms with E-state index in [0.29, 0.717) is 23.0 Å². The highest BCUT2D eigenvalue weighted by atomic mass is 32.2. The molecule has 0 fully saturated rings. The Morgan fingerprint density at radius 1 is 1.03 bits per heavy atom. The molecular weight excluding hydrogens is 444 g/mol. The van der Waals surface area contributed by atoms with E-state index < -0.39 is 11.8 Å². The Morgan fingerprint density at radius 2 is 1.81 bits per heavy atom. The number of rotatable bonds is 8. The molecule has 0 radical (unpaired) electrons. The van der Waals surface area contributed by atoms with Gasteiger partial charge >= 0.3 is 0 Å². The number of ether oxygens (including phenoxy) is 1. The summed E-state index contributed by atoms with van der Waals surface area (Å²) < 4.78 is 7.07. The Kier molecular flexibility index (Phi) is 6.98. The second-order valence-corrected chi connectivity index (χ2v) is 8.64. The zero-order valence-corrected chi connectivity index (χ0v) is 18.9. The topological polar surface area (TPSA) is 86.1 Å². The number of imide groups is 1. The standard InChI is InChI=1S/C23H20N4O3S2/c1-30-18-11-9-17(10-12-18)22(29)24-20(28)15-32-23-26-25-21(19-8-5-13-31-19)27(23)14-16-6-3-2-4-7-16/h2-13H,14-15H2,1H3,(H,24,28,29). The van der Waals surface area contributed by atoms with Gasteiger partial charge in [-0.2, -0.15) is 0 Å². The molecule has 0 aliphatic carbocycles. The van der Waals surface area contributed by atoms with E-state index in [4.69, 9.17) is 4.74 Å². The van der Waals surface area contributed by atoms with Gasteiger partial charge in [0.1, 0.15) is 5.75 Å². The normalized spacial score (nSPS) is 10.7. The van der Waals surface area contributed by atoms with Crippen molar-refractivity contribution >= 4 is 34.9 Å². The van der Waals surface area contributed by atoms with Crippen LogP contribution in [0.4, 0.5) is 0 Å². The average Bonchev–Trinajstić information content (AvgIpc) is 3.48. The first-order valence-electron chi connectivity index (χ1n) is 9.76. The van der Waals surface area contributed by atoms with Crippen LogP contribution in [0.15, 0.2) is 77.3 Å². The molecule has 0 bridgehead atoms. The summed E-state index contributed by atoms with van der Waals surface area (Å²) in [5.74, 6) is 0.578. The summed E-state index contributed by atoms with van der Waals surface area (Å²) in [5, 5.41) is 13.7. The van der Waals surface area contributed by atoms with Crippen LogP contribution in [0, 0.1) is 0 Å². The van der Waals surface area contributed by atoms with E-state index in [-0.39, 0.29) is 5.75 Å². The van der Waals surface area contributed by atoms with Crippen molar-refractivity contribution in [1.29, 1.82) is 0 Å². The van der Waals surface area contributed by atoms with Gasteiger partial charge in [-0.25, -0.2) is 0 Å². The minimum Gasteiger partial charge on any atom is -0.497 e. The number of methoxy groups -OCH3 is 1. The van der Waals surface area contributed by atoms with E-state index in [2.05, 4.69) is 15.5 Å². The van der Waals surface area contributed by atoms with Gasteiger partial charge in [0, 0.05) is 5.56 Å². The number of carbonyl (C=O) groups is 2. The maximum Gasteiger partial charge on any atom is 0.257 e. The summed E-state index contributed by atoms with van der Waals surface area (Å²) in [7, 11) is 1.55. The van der Waals surface area contributed by atoms with E-state index in [1.807, 2.05) is 52.4 Å². The Labute approximate surface area is 193 Å². The molecule has 1 N–H and O–H groups in total. The molecule has 4 aromatic rings. The molecule has 32 heavy (non-hydrogen) atoms. The van der Waals surface area contributed by atoms with E-state index in [1.54, 1.807) is 42.7 Å². The van der Waals surface area contributed by atoms with Gasteiger partial charge in [-0.15, -0.1) is 21.5 Å². The highest BCUT2D eigenvalue weighted by molar-refractivity contribution is 7.99. The lowest BCUT2D eigenvalue weighted by molar-refractivity contribution is -0.117. The molecule has 4 rings (SSSR count). The monoisotopic (exact) mass is 464 g/mol. The molecule has 0 atom stereocenters. The van der Waals surface area contributed by atoms with Gasteiger partial charge in [0.2, 0.25) is 5.91 Å². The molecule has 0 spiro atoms. The Morgan fingerprint density at radius 3 is 2.50 bits per heavy atom. The van der Waals surface area contributed by atoms with Crippen molar-refractivity contribution in [2.45, 2.75) is 11.7 Å². The number of nitrogens with one attached hydrogen (secondary N) is 1. The first-order valence-corrected chi connectivity index (χ1v) is 11.6. The van der Waals surface area contributed by atoms with Gasteiger partial charge in [-0.1, -0.05) is 48.2 Å². The zero-order chi connectivity index (χ0) is 22.3. The molecule has 2 aromatic carbocycles. The van der Waals surface area contributed by atoms with Crippen LogP contribution in [0.25, 0.3) is 10.7 Å². The predicted molar refractivity (Wildman–Crippen MR) is 125 cm³/mol. The quantitative estimate of drug-likeness (QED) is 0.395. The minimum atomic E-state index is -0.455. The number of amides is 2. The molecule has 0 saturated carbocycles. The highest BCUT2D eigenvalue weighted by Gasteiger charge is 2.18. The summed E-state index contributed by atoms with van der Waals surface area (Å²) in [4.78, 5) is 25.7. The van der Waals surface area contributed by atoms with Crippen molar-refractivity contribution in [3.8, 4) is 16.5 Å². The third-order valence-corrected chi connectivity index (χ3v) is 6.41. The fourth-order valence-corrected chi connectivity index (χ4v) is 4.45. The van der Waals surface area contributed by atoms with Crippen molar-refractivity contribution in [3.05, 3.63) is 83.2 Å². The molecule has 9 heteroatoms. The molecule has 0 aliphatic rings. The number of carbonyl (C=O) groups excluding carboxylic acids is 2. The van der Waals surface area contributed by atoms with Crippen LogP contribution in [0.1, 0.15) is 15.9 Å². The number of thiophene rings is 1. The van der Waals surface area contributed by atoms with Crippen molar-refractivity contribution in [1.82, 2.24) is 20.1 Å². The highest BCUT2D eigenvalue weighted by Crippen LogP contribution is 2.28. The van der Waals surface area contributed by atoms with Crippen LogP contribution in [-0.4, -0.2) is 39.4 Å². The lowest BCUT2D eigenvalue weighted by atomic mass is 10.2. The summed E-state index contributed by atoms with van der Waals surface area (Å²) in [5.41, 5.74) is 1.49. The van der Waals surface area contributed by atoms with E-state index in [1.165, 1.54) is 11.8 Å². The first kappa shape index (κ1) is 21.8. The van der Waals surface area contributed by atoms with Gasteiger partial charge in [-0.05, 0) is 41.3 Å². The number of benzene rings is 2. The van der Waals surface area contributed by atoms with Crippen LogP contribution in [0.3, 0.4) is 0 Å². The summed E-state index contributed by atoms with van der Waals surface area (Å²) in [6, 6.07) is 20.5. The van der Waals surface area contributed by atoms with Crippen LogP contribution >= 0.6 is 23.1 Å². The second kappa shape index (κ2) is 10.3. The number of aromatic nitrogens is 3. The molecule has 0 aliphatic heterocycles. The molecular formula is C23H20N4O3S2. The molecule has 0 saturated heterocycles. The third-order valence-electron chi connectivity index (χ3n) is 4.58. The SMILES string of the molecule is COc1ccc(C(=O)NC(=O)CSc2nnc(-c3cccs3)n2Cc2ccccc2)cc1. The second-order valence-electron chi connectivity index (χ2n) is 6.75. The van der Waals surface area contributed by atoms with Crippen LogP contribution in [0.2, 0.25) is 0 Å². The Balaban J connectivity index is 1.45. The maximum absolute atomic E-state index is 12.4. The van der Waals surface area contributed by atoms with Gasteiger partial charge in [0.05, 0.1) is 24.3 Å². The zero-order valence-electron chi connectivity index (χ0n) is 17.2. The van der Waals surface area contributed by atoms with Crippen LogP contribution < -0.4 is 10.1 Å². The number of hydrogen-bond donors (Lipinski definition) is 1. The Bertz CT molecular complexity index is 1190. The average molecular weight is 465 g/mol. The predicted octanol–water partition coefficient (Wildman–Crippen LogP) is 4.11. The van der Waals surface area contributed by atoms with Gasteiger partial charge < -0.3 is 4.74 Å². The molecule has 2 aromatic heterocycles. The Hall–Kier alpha value is -3.43. The summed E-state index contributed by atoms with van der Waals surface area (Å²) in [6.45, 7) is 0.579. The number of thioether (sulfide) groups is 1. The van der Waals surface area contributed by atoms with Crippen LogP contribution in [0.5, 0.6) is 5.75 Å². The van der Waals surface area contributed by atoms with E-state index in [9.17, 15) is 9.59 Å². The molecule has 7 nitrogen and oxygen atoms in total. The largest absolute Gasteiger partial charge is 0.497 e.